The zero-order valence-corrected chi connectivity index (χ0v) is 22.8. The standard InChI is InChI=1S/C35H31NO5/c1-2-30-32(28-18-20-29(37)21-19-28)36-34(40-23-26-14-8-4-9-15-26)31(33(30)39-22-25-12-6-3-7-13-25)35(38)41-24-27-16-10-5-11-17-27/h3-21,37H,2,22-24H2,1H3. The van der Waals surface area contributed by atoms with Crippen molar-refractivity contribution in [3.8, 4) is 28.6 Å². The summed E-state index contributed by atoms with van der Waals surface area (Å²) in [6.07, 6.45) is 0.533. The van der Waals surface area contributed by atoms with Gasteiger partial charge in [0.1, 0.15) is 31.3 Å². The van der Waals surface area contributed by atoms with Crippen LogP contribution in [0.25, 0.3) is 11.3 Å². The molecule has 0 fully saturated rings. The first-order valence-corrected chi connectivity index (χ1v) is 13.5. The van der Waals surface area contributed by atoms with Crippen LogP contribution in [0.1, 0.15) is 39.5 Å². The largest absolute Gasteiger partial charge is 0.508 e. The predicted molar refractivity (Wildman–Crippen MR) is 158 cm³/mol. The van der Waals surface area contributed by atoms with Gasteiger partial charge in [-0.1, -0.05) is 97.9 Å². The summed E-state index contributed by atoms with van der Waals surface area (Å²) in [5.41, 5.74) is 5.00. The molecular formula is C35H31NO5. The van der Waals surface area contributed by atoms with Crippen LogP contribution in [0.3, 0.4) is 0 Å². The van der Waals surface area contributed by atoms with E-state index < -0.39 is 5.97 Å². The van der Waals surface area contributed by atoms with Gasteiger partial charge in [0.25, 0.3) is 0 Å². The summed E-state index contributed by atoms with van der Waals surface area (Å²) in [4.78, 5) is 18.7. The number of benzene rings is 4. The molecule has 0 saturated heterocycles. The number of hydrogen-bond acceptors (Lipinski definition) is 6. The van der Waals surface area contributed by atoms with Gasteiger partial charge in [-0.15, -0.1) is 0 Å². The lowest BCUT2D eigenvalue weighted by Gasteiger charge is -2.21. The van der Waals surface area contributed by atoms with E-state index in [2.05, 4.69) is 0 Å². The van der Waals surface area contributed by atoms with Gasteiger partial charge >= 0.3 is 5.97 Å². The number of carbonyl (C=O) groups excluding carboxylic acids is 1. The number of aromatic hydroxyl groups is 1. The molecule has 0 amide bonds. The molecule has 5 aromatic rings. The molecule has 0 spiro atoms. The van der Waals surface area contributed by atoms with Crippen molar-refractivity contribution in [2.24, 2.45) is 0 Å². The molecule has 0 radical (unpaired) electrons. The number of phenols is 1. The van der Waals surface area contributed by atoms with Crippen LogP contribution in [-0.4, -0.2) is 16.1 Å². The van der Waals surface area contributed by atoms with Crippen LogP contribution < -0.4 is 9.47 Å². The summed E-state index contributed by atoms with van der Waals surface area (Å²) >= 11 is 0. The fraction of sp³-hybridized carbons (Fsp3) is 0.143. The van der Waals surface area contributed by atoms with Gasteiger partial charge in [0.15, 0.2) is 5.56 Å². The normalized spacial score (nSPS) is 10.7. The van der Waals surface area contributed by atoms with E-state index >= 15 is 0 Å². The second kappa shape index (κ2) is 13.3. The van der Waals surface area contributed by atoms with Crippen molar-refractivity contribution < 1.29 is 24.1 Å². The molecule has 0 aliphatic rings. The van der Waals surface area contributed by atoms with Crippen molar-refractivity contribution in [3.63, 3.8) is 0 Å². The second-order valence-electron chi connectivity index (χ2n) is 9.46. The first-order chi connectivity index (χ1) is 20.1. The quantitative estimate of drug-likeness (QED) is 0.173. The number of carbonyl (C=O) groups is 1. The number of rotatable bonds is 11. The highest BCUT2D eigenvalue weighted by molar-refractivity contribution is 5.96. The van der Waals surface area contributed by atoms with Crippen molar-refractivity contribution in [1.82, 2.24) is 4.98 Å². The lowest BCUT2D eigenvalue weighted by molar-refractivity contribution is 0.0460. The summed E-state index contributed by atoms with van der Waals surface area (Å²) in [5, 5.41) is 9.90. The Kier molecular flexibility index (Phi) is 8.91. The van der Waals surface area contributed by atoms with Gasteiger partial charge in [-0.3, -0.25) is 0 Å². The minimum absolute atomic E-state index is 0.0943. The Morgan fingerprint density at radius 2 is 1.20 bits per heavy atom. The van der Waals surface area contributed by atoms with E-state index in [-0.39, 0.29) is 37.0 Å². The topological polar surface area (TPSA) is 77.9 Å². The van der Waals surface area contributed by atoms with Gasteiger partial charge < -0.3 is 19.3 Å². The fourth-order valence-electron chi connectivity index (χ4n) is 4.46. The highest BCUT2D eigenvalue weighted by atomic mass is 16.5. The smallest absolute Gasteiger partial charge is 0.347 e. The van der Waals surface area contributed by atoms with Crippen LogP contribution >= 0.6 is 0 Å². The lowest BCUT2D eigenvalue weighted by atomic mass is 10.00. The molecule has 0 bridgehead atoms. The molecule has 1 aromatic heterocycles. The van der Waals surface area contributed by atoms with Crippen LogP contribution in [-0.2, 0) is 31.0 Å². The Morgan fingerprint density at radius 3 is 1.73 bits per heavy atom. The molecule has 6 nitrogen and oxygen atoms in total. The molecule has 41 heavy (non-hydrogen) atoms. The maximum Gasteiger partial charge on any atom is 0.347 e. The van der Waals surface area contributed by atoms with E-state index in [1.807, 2.05) is 97.9 Å². The highest BCUT2D eigenvalue weighted by Gasteiger charge is 2.29. The van der Waals surface area contributed by atoms with Crippen molar-refractivity contribution in [2.45, 2.75) is 33.2 Å². The molecule has 4 aromatic carbocycles. The Labute approximate surface area is 239 Å². The number of aromatic nitrogens is 1. The summed E-state index contributed by atoms with van der Waals surface area (Å²) in [5.74, 6) is 0.0549. The number of ether oxygens (including phenoxy) is 3. The van der Waals surface area contributed by atoms with Gasteiger partial charge in [0.05, 0.1) is 5.69 Å². The molecule has 0 aliphatic heterocycles. The molecule has 206 valence electrons. The first kappa shape index (κ1) is 27.5. The number of esters is 1. The van der Waals surface area contributed by atoms with E-state index in [0.29, 0.717) is 17.9 Å². The second-order valence-corrected chi connectivity index (χ2v) is 9.46. The third-order valence-electron chi connectivity index (χ3n) is 6.57. The first-order valence-electron chi connectivity index (χ1n) is 13.5. The summed E-state index contributed by atoms with van der Waals surface area (Å²) in [6, 6.07) is 35.7. The maximum atomic E-state index is 13.8. The number of hydrogen-bond donors (Lipinski definition) is 1. The Morgan fingerprint density at radius 1 is 0.683 bits per heavy atom. The monoisotopic (exact) mass is 545 g/mol. The van der Waals surface area contributed by atoms with Crippen LogP contribution in [0.5, 0.6) is 17.4 Å². The lowest BCUT2D eigenvalue weighted by Crippen LogP contribution is -2.15. The molecule has 1 N–H and O–H groups in total. The average Bonchev–Trinajstić information content (AvgIpc) is 3.03. The van der Waals surface area contributed by atoms with E-state index in [4.69, 9.17) is 19.2 Å². The zero-order chi connectivity index (χ0) is 28.4. The number of phenolic OH excluding ortho intramolecular Hbond substituents is 1. The number of pyridine rings is 1. The highest BCUT2D eigenvalue weighted by Crippen LogP contribution is 2.39. The molecule has 0 unspecified atom stereocenters. The van der Waals surface area contributed by atoms with Crippen LogP contribution in [0, 0.1) is 0 Å². The van der Waals surface area contributed by atoms with Gasteiger partial charge in [-0.05, 0) is 47.4 Å². The number of nitrogens with zero attached hydrogens (tertiary/aromatic N) is 1. The molecule has 0 saturated carbocycles. The van der Waals surface area contributed by atoms with Gasteiger partial charge in [0.2, 0.25) is 5.88 Å². The summed E-state index contributed by atoms with van der Waals surface area (Å²) < 4.78 is 18.4. The van der Waals surface area contributed by atoms with Crippen molar-refractivity contribution in [1.29, 1.82) is 0 Å². The van der Waals surface area contributed by atoms with E-state index in [0.717, 1.165) is 27.8 Å². The SMILES string of the molecule is CCc1c(-c2ccc(O)cc2)nc(OCc2ccccc2)c(C(=O)OCc2ccccc2)c1OCc1ccccc1. The molecule has 5 rings (SSSR count). The van der Waals surface area contributed by atoms with Crippen molar-refractivity contribution >= 4 is 5.97 Å². The molecular weight excluding hydrogens is 514 g/mol. The minimum Gasteiger partial charge on any atom is -0.508 e. The minimum atomic E-state index is -0.584. The van der Waals surface area contributed by atoms with Gasteiger partial charge in [-0.25, -0.2) is 9.78 Å². The third-order valence-corrected chi connectivity index (χ3v) is 6.57. The van der Waals surface area contributed by atoms with E-state index in [1.165, 1.54) is 0 Å². The molecule has 1 heterocycles. The summed E-state index contributed by atoms with van der Waals surface area (Å²) in [6.45, 7) is 2.52. The van der Waals surface area contributed by atoms with Crippen molar-refractivity contribution in [3.05, 3.63) is 143 Å². The molecule has 0 atom stereocenters. The predicted octanol–water partition coefficient (Wildman–Crippen LogP) is 7.53. The maximum absolute atomic E-state index is 13.8. The van der Waals surface area contributed by atoms with Crippen molar-refractivity contribution in [2.75, 3.05) is 0 Å². The van der Waals surface area contributed by atoms with E-state index in [9.17, 15) is 9.90 Å². The van der Waals surface area contributed by atoms with Gasteiger partial charge in [-0.2, -0.15) is 0 Å². The zero-order valence-electron chi connectivity index (χ0n) is 22.8. The molecule has 0 aliphatic carbocycles. The Balaban J connectivity index is 1.61. The Bertz CT molecular complexity index is 1570. The molecule has 6 heteroatoms. The van der Waals surface area contributed by atoms with Crippen LogP contribution in [0.2, 0.25) is 0 Å². The average molecular weight is 546 g/mol. The fourth-order valence-corrected chi connectivity index (χ4v) is 4.46. The van der Waals surface area contributed by atoms with Crippen LogP contribution in [0.15, 0.2) is 115 Å². The summed E-state index contributed by atoms with van der Waals surface area (Å²) in [7, 11) is 0. The van der Waals surface area contributed by atoms with E-state index in [1.54, 1.807) is 24.3 Å². The van der Waals surface area contributed by atoms with Gasteiger partial charge in [0, 0.05) is 11.1 Å². The third kappa shape index (κ3) is 6.92. The Hall–Kier alpha value is -5.10. The van der Waals surface area contributed by atoms with Crippen LogP contribution in [0.4, 0.5) is 0 Å².